The molecule has 2 rings (SSSR count). The average Bonchev–Trinajstić information content (AvgIpc) is 2.46. The van der Waals surface area contributed by atoms with Gasteiger partial charge in [0.1, 0.15) is 6.61 Å². The van der Waals surface area contributed by atoms with Crippen molar-refractivity contribution in [2.75, 3.05) is 39.2 Å². The maximum Gasteiger partial charge on any atom is 0.161 e. The van der Waals surface area contributed by atoms with Crippen molar-refractivity contribution in [3.8, 4) is 11.5 Å². The lowest BCUT2D eigenvalue weighted by Crippen LogP contribution is -2.54. The Labute approximate surface area is 131 Å². The summed E-state index contributed by atoms with van der Waals surface area (Å²) in [6.45, 7) is 7.39. The number of hydrogen-bond acceptors (Lipinski definition) is 4. The monoisotopic (exact) mass is 313 g/mol. The van der Waals surface area contributed by atoms with Crippen LogP contribution in [0.5, 0.6) is 11.5 Å². The smallest absolute Gasteiger partial charge is 0.161 e. The lowest BCUT2D eigenvalue weighted by Gasteiger charge is -2.42. The van der Waals surface area contributed by atoms with Gasteiger partial charge < -0.3 is 14.2 Å². The van der Waals surface area contributed by atoms with Crippen LogP contribution >= 0.6 is 11.6 Å². The third-order valence-corrected chi connectivity index (χ3v) is 3.80. The molecule has 1 aliphatic heterocycles. The zero-order valence-corrected chi connectivity index (χ0v) is 13.7. The summed E-state index contributed by atoms with van der Waals surface area (Å²) < 4.78 is 17.0. The van der Waals surface area contributed by atoms with Gasteiger partial charge in [0.2, 0.25) is 0 Å². The third-order valence-electron chi connectivity index (χ3n) is 3.46. The molecule has 0 spiro atoms. The van der Waals surface area contributed by atoms with Gasteiger partial charge in [-0.25, -0.2) is 0 Å². The van der Waals surface area contributed by atoms with E-state index in [0.717, 1.165) is 31.1 Å². The SMILES string of the molecule is COc1ccccc1OCCN1CC(CCl)OC(C)(C)C1. The van der Waals surface area contributed by atoms with Crippen LogP contribution in [0.3, 0.4) is 0 Å². The summed E-state index contributed by atoms with van der Waals surface area (Å²) in [5, 5.41) is 0. The van der Waals surface area contributed by atoms with Crippen LogP contribution in [0.4, 0.5) is 0 Å². The number of para-hydroxylation sites is 2. The Hall–Kier alpha value is -0.970. The second-order valence-corrected chi connectivity index (χ2v) is 6.20. The Bertz CT molecular complexity index is 453. The van der Waals surface area contributed by atoms with Gasteiger partial charge in [-0.15, -0.1) is 11.6 Å². The number of benzene rings is 1. The van der Waals surface area contributed by atoms with Crippen molar-refractivity contribution in [1.29, 1.82) is 0 Å². The van der Waals surface area contributed by atoms with Gasteiger partial charge >= 0.3 is 0 Å². The molecule has 118 valence electrons. The van der Waals surface area contributed by atoms with Crippen LogP contribution in [0.25, 0.3) is 0 Å². The molecule has 1 fully saturated rings. The fraction of sp³-hybridized carbons (Fsp3) is 0.625. The molecule has 0 amide bonds. The zero-order valence-electron chi connectivity index (χ0n) is 13.0. The van der Waals surface area contributed by atoms with Gasteiger partial charge in [-0.2, -0.15) is 0 Å². The fourth-order valence-corrected chi connectivity index (χ4v) is 2.85. The minimum Gasteiger partial charge on any atom is -0.493 e. The largest absolute Gasteiger partial charge is 0.493 e. The Morgan fingerprint density at radius 2 is 2.05 bits per heavy atom. The van der Waals surface area contributed by atoms with Crippen LogP contribution in [-0.2, 0) is 4.74 Å². The van der Waals surface area contributed by atoms with Crippen LogP contribution in [0.2, 0.25) is 0 Å². The second kappa shape index (κ2) is 7.34. The van der Waals surface area contributed by atoms with E-state index in [-0.39, 0.29) is 11.7 Å². The van der Waals surface area contributed by atoms with Crippen molar-refractivity contribution in [3.05, 3.63) is 24.3 Å². The van der Waals surface area contributed by atoms with Crippen LogP contribution < -0.4 is 9.47 Å². The minimum atomic E-state index is -0.164. The summed E-state index contributed by atoms with van der Waals surface area (Å²) in [6, 6.07) is 7.70. The molecule has 1 saturated heterocycles. The first-order valence-electron chi connectivity index (χ1n) is 7.26. The Kier molecular flexibility index (Phi) is 5.73. The molecule has 0 N–H and O–H groups in total. The van der Waals surface area contributed by atoms with E-state index in [1.807, 2.05) is 24.3 Å². The molecular weight excluding hydrogens is 290 g/mol. The van der Waals surface area contributed by atoms with E-state index in [4.69, 9.17) is 25.8 Å². The number of nitrogens with zero attached hydrogens (tertiary/aromatic N) is 1. The molecule has 0 radical (unpaired) electrons. The van der Waals surface area contributed by atoms with Crippen molar-refractivity contribution in [2.24, 2.45) is 0 Å². The molecule has 1 heterocycles. The second-order valence-electron chi connectivity index (χ2n) is 5.89. The van der Waals surface area contributed by atoms with Gasteiger partial charge in [0.05, 0.1) is 18.8 Å². The quantitative estimate of drug-likeness (QED) is 0.756. The number of ether oxygens (including phenoxy) is 3. The predicted molar refractivity (Wildman–Crippen MR) is 84.6 cm³/mol. The number of morpholine rings is 1. The molecule has 0 aliphatic carbocycles. The van der Waals surface area contributed by atoms with E-state index in [1.165, 1.54) is 0 Å². The van der Waals surface area contributed by atoms with Crippen molar-refractivity contribution in [1.82, 2.24) is 4.90 Å². The van der Waals surface area contributed by atoms with E-state index in [0.29, 0.717) is 12.5 Å². The van der Waals surface area contributed by atoms with Gasteiger partial charge in [0.15, 0.2) is 11.5 Å². The standard InChI is InChI=1S/C16H24ClNO3/c1-16(2)12-18(11-13(10-17)21-16)8-9-20-15-7-5-4-6-14(15)19-3/h4-7,13H,8-12H2,1-3H3. The Balaban J connectivity index is 1.85. The summed E-state index contributed by atoms with van der Waals surface area (Å²) in [5.74, 6) is 2.06. The van der Waals surface area contributed by atoms with Gasteiger partial charge in [-0.05, 0) is 26.0 Å². The summed E-state index contributed by atoms with van der Waals surface area (Å²) in [6.07, 6.45) is 0.0849. The molecule has 21 heavy (non-hydrogen) atoms. The molecule has 1 aromatic rings. The summed E-state index contributed by atoms with van der Waals surface area (Å²) in [4.78, 5) is 2.34. The summed E-state index contributed by atoms with van der Waals surface area (Å²) >= 11 is 5.94. The van der Waals surface area contributed by atoms with E-state index in [9.17, 15) is 0 Å². The molecule has 1 aliphatic rings. The molecule has 0 bridgehead atoms. The summed E-state index contributed by atoms with van der Waals surface area (Å²) in [5.41, 5.74) is -0.164. The molecule has 1 unspecified atom stereocenters. The van der Waals surface area contributed by atoms with Crippen LogP contribution in [0.1, 0.15) is 13.8 Å². The fourth-order valence-electron chi connectivity index (χ4n) is 2.69. The third kappa shape index (κ3) is 4.77. The number of methoxy groups -OCH3 is 1. The van der Waals surface area contributed by atoms with Gasteiger partial charge in [0.25, 0.3) is 0 Å². The van der Waals surface area contributed by atoms with Crippen molar-refractivity contribution in [2.45, 2.75) is 25.6 Å². The molecule has 0 aromatic heterocycles. The number of rotatable bonds is 6. The van der Waals surface area contributed by atoms with Crippen molar-refractivity contribution >= 4 is 11.6 Å². The first-order valence-corrected chi connectivity index (χ1v) is 7.79. The Morgan fingerprint density at radius 3 is 2.71 bits per heavy atom. The number of halogens is 1. The molecular formula is C16H24ClNO3. The first-order chi connectivity index (χ1) is 10.0. The minimum absolute atomic E-state index is 0.0849. The maximum atomic E-state index is 5.94. The molecule has 1 aromatic carbocycles. The van der Waals surface area contributed by atoms with Crippen LogP contribution in [0.15, 0.2) is 24.3 Å². The van der Waals surface area contributed by atoms with E-state index in [1.54, 1.807) is 7.11 Å². The van der Waals surface area contributed by atoms with Gasteiger partial charge in [-0.1, -0.05) is 12.1 Å². The predicted octanol–water partition coefficient (Wildman–Crippen LogP) is 2.79. The summed E-state index contributed by atoms with van der Waals surface area (Å²) in [7, 11) is 1.65. The first kappa shape index (κ1) is 16.4. The highest BCUT2D eigenvalue weighted by Gasteiger charge is 2.32. The molecule has 5 heteroatoms. The van der Waals surface area contributed by atoms with E-state index >= 15 is 0 Å². The van der Waals surface area contributed by atoms with Crippen molar-refractivity contribution < 1.29 is 14.2 Å². The molecule has 0 saturated carbocycles. The maximum absolute atomic E-state index is 5.94. The average molecular weight is 314 g/mol. The lowest BCUT2D eigenvalue weighted by molar-refractivity contribution is -0.128. The van der Waals surface area contributed by atoms with E-state index in [2.05, 4.69) is 18.7 Å². The van der Waals surface area contributed by atoms with Crippen LogP contribution in [0, 0.1) is 0 Å². The highest BCUT2D eigenvalue weighted by Crippen LogP contribution is 2.26. The normalized spacial score (nSPS) is 22.0. The highest BCUT2D eigenvalue weighted by molar-refractivity contribution is 6.18. The highest BCUT2D eigenvalue weighted by atomic mass is 35.5. The zero-order chi connectivity index (χ0) is 15.3. The van der Waals surface area contributed by atoms with Gasteiger partial charge in [-0.3, -0.25) is 4.90 Å². The van der Waals surface area contributed by atoms with E-state index < -0.39 is 0 Å². The lowest BCUT2D eigenvalue weighted by atomic mass is 10.1. The number of alkyl halides is 1. The van der Waals surface area contributed by atoms with Gasteiger partial charge in [0, 0.05) is 25.5 Å². The Morgan fingerprint density at radius 1 is 1.33 bits per heavy atom. The topological polar surface area (TPSA) is 30.9 Å². The molecule has 4 nitrogen and oxygen atoms in total. The van der Waals surface area contributed by atoms with Crippen molar-refractivity contribution in [3.63, 3.8) is 0 Å². The number of hydrogen-bond donors (Lipinski definition) is 0. The molecule has 1 atom stereocenters. The van der Waals surface area contributed by atoms with Crippen LogP contribution in [-0.4, -0.2) is 55.8 Å².